The molecule has 1 aromatic rings. The molecule has 3 rings (SSSR count). The molecule has 0 aliphatic heterocycles. The minimum absolute atomic E-state index is 0.282. The van der Waals surface area contributed by atoms with E-state index < -0.39 is 0 Å². The third-order valence-electron chi connectivity index (χ3n) is 4.58. The molecule has 1 fully saturated rings. The topological polar surface area (TPSA) is 20.2 Å². The van der Waals surface area contributed by atoms with Gasteiger partial charge in [-0.15, -0.1) is 0 Å². The van der Waals surface area contributed by atoms with Gasteiger partial charge in [-0.3, -0.25) is 0 Å². The van der Waals surface area contributed by atoms with Crippen LogP contribution in [0.3, 0.4) is 0 Å². The zero-order valence-electron chi connectivity index (χ0n) is 10.9. The van der Waals surface area contributed by atoms with Crippen molar-refractivity contribution in [2.24, 2.45) is 5.92 Å². The molecule has 0 spiro atoms. The van der Waals surface area contributed by atoms with Crippen LogP contribution in [0.2, 0.25) is 0 Å². The monoisotopic (exact) mass is 242 g/mol. The predicted molar refractivity (Wildman–Crippen MR) is 74.5 cm³/mol. The Morgan fingerprint density at radius 3 is 2.67 bits per heavy atom. The van der Waals surface area contributed by atoms with Gasteiger partial charge in [-0.05, 0) is 55.1 Å². The number of aliphatic hydroxyl groups excluding tert-OH is 1. The summed E-state index contributed by atoms with van der Waals surface area (Å²) in [6.07, 6.45) is 11.4. The highest BCUT2D eigenvalue weighted by Crippen LogP contribution is 2.38. The minimum atomic E-state index is -0.282. The molecule has 0 amide bonds. The molecule has 1 heteroatoms. The van der Waals surface area contributed by atoms with Crippen LogP contribution in [0.5, 0.6) is 0 Å². The minimum Gasteiger partial charge on any atom is -0.388 e. The molecular weight excluding hydrogens is 220 g/mol. The van der Waals surface area contributed by atoms with Crippen LogP contribution >= 0.6 is 0 Å². The molecule has 2 aliphatic rings. The number of benzene rings is 1. The molecule has 2 unspecified atom stereocenters. The Hall–Kier alpha value is -1.08. The van der Waals surface area contributed by atoms with Gasteiger partial charge in [0.2, 0.25) is 0 Å². The van der Waals surface area contributed by atoms with Crippen molar-refractivity contribution in [3.05, 3.63) is 47.5 Å². The first-order valence-corrected chi connectivity index (χ1v) is 7.27. The van der Waals surface area contributed by atoms with Crippen LogP contribution in [0.15, 0.2) is 36.4 Å². The maximum Gasteiger partial charge on any atom is 0.0821 e. The first-order chi connectivity index (χ1) is 8.84. The second-order valence-electron chi connectivity index (χ2n) is 5.79. The summed E-state index contributed by atoms with van der Waals surface area (Å²) in [7, 11) is 0. The van der Waals surface area contributed by atoms with Crippen LogP contribution in [-0.4, -0.2) is 5.11 Å². The number of hydrogen-bond acceptors (Lipinski definition) is 1. The standard InChI is InChI=1S/C17H22O/c18-17(14-6-2-1-3-7-14)16-11-5-10-15(12-16)13-8-4-9-13/h1-2,5,10-14,17-18H,3-4,6-9H2. The molecule has 0 aromatic heterocycles. The van der Waals surface area contributed by atoms with E-state index in [4.69, 9.17) is 0 Å². The van der Waals surface area contributed by atoms with Crippen LogP contribution < -0.4 is 0 Å². The summed E-state index contributed by atoms with van der Waals surface area (Å²) < 4.78 is 0. The van der Waals surface area contributed by atoms with Crippen molar-refractivity contribution in [1.29, 1.82) is 0 Å². The average molecular weight is 242 g/mol. The van der Waals surface area contributed by atoms with E-state index in [-0.39, 0.29) is 6.10 Å². The third-order valence-corrected chi connectivity index (χ3v) is 4.58. The van der Waals surface area contributed by atoms with Crippen molar-refractivity contribution in [2.75, 3.05) is 0 Å². The Bertz CT molecular complexity index is 431. The van der Waals surface area contributed by atoms with Crippen LogP contribution in [-0.2, 0) is 0 Å². The summed E-state index contributed by atoms with van der Waals surface area (Å²) in [4.78, 5) is 0. The number of rotatable bonds is 3. The maximum atomic E-state index is 10.5. The van der Waals surface area contributed by atoms with Crippen LogP contribution in [0.1, 0.15) is 61.7 Å². The average Bonchev–Trinajstić information content (AvgIpc) is 2.37. The van der Waals surface area contributed by atoms with Crippen LogP contribution in [0.4, 0.5) is 0 Å². The van der Waals surface area contributed by atoms with Crippen molar-refractivity contribution in [3.8, 4) is 0 Å². The summed E-state index contributed by atoms with van der Waals surface area (Å²) in [5, 5.41) is 10.5. The molecule has 1 saturated carbocycles. The van der Waals surface area contributed by atoms with Crippen molar-refractivity contribution in [1.82, 2.24) is 0 Å². The lowest BCUT2D eigenvalue weighted by atomic mass is 9.78. The Kier molecular flexibility index (Phi) is 3.51. The van der Waals surface area contributed by atoms with Gasteiger partial charge in [-0.25, -0.2) is 0 Å². The molecular formula is C17H22O. The second-order valence-corrected chi connectivity index (χ2v) is 5.79. The lowest BCUT2D eigenvalue weighted by Gasteiger charge is -2.28. The Balaban J connectivity index is 1.75. The molecule has 1 N–H and O–H groups in total. The lowest BCUT2D eigenvalue weighted by molar-refractivity contribution is 0.102. The lowest BCUT2D eigenvalue weighted by Crippen LogP contribution is -2.15. The molecule has 0 bridgehead atoms. The predicted octanol–water partition coefficient (Wildman–Crippen LogP) is 4.34. The quantitative estimate of drug-likeness (QED) is 0.781. The second kappa shape index (κ2) is 5.27. The van der Waals surface area contributed by atoms with Gasteiger partial charge in [0.25, 0.3) is 0 Å². The summed E-state index contributed by atoms with van der Waals surface area (Å²) in [5.74, 6) is 1.16. The first kappa shape index (κ1) is 12.0. The van der Waals surface area contributed by atoms with Gasteiger partial charge in [0.15, 0.2) is 0 Å². The smallest absolute Gasteiger partial charge is 0.0821 e. The Labute approximate surface area is 110 Å². The van der Waals surface area contributed by atoms with E-state index in [0.717, 1.165) is 30.7 Å². The summed E-state index contributed by atoms with van der Waals surface area (Å²) >= 11 is 0. The van der Waals surface area contributed by atoms with E-state index in [2.05, 4.69) is 36.4 Å². The van der Waals surface area contributed by atoms with Crippen LogP contribution in [0, 0.1) is 5.92 Å². The van der Waals surface area contributed by atoms with E-state index >= 15 is 0 Å². The highest BCUT2D eigenvalue weighted by atomic mass is 16.3. The largest absolute Gasteiger partial charge is 0.388 e. The normalized spacial score (nSPS) is 25.7. The zero-order valence-corrected chi connectivity index (χ0v) is 10.9. The molecule has 0 saturated heterocycles. The first-order valence-electron chi connectivity index (χ1n) is 7.27. The van der Waals surface area contributed by atoms with E-state index in [0.29, 0.717) is 5.92 Å². The fraction of sp³-hybridized carbons (Fsp3) is 0.529. The van der Waals surface area contributed by atoms with Crippen molar-refractivity contribution in [3.63, 3.8) is 0 Å². The SMILES string of the molecule is OC(c1cccc(C2CCC2)c1)C1CC=CCC1. The van der Waals surface area contributed by atoms with Crippen molar-refractivity contribution < 1.29 is 5.11 Å². The van der Waals surface area contributed by atoms with Gasteiger partial charge in [-0.2, -0.15) is 0 Å². The molecule has 96 valence electrons. The Morgan fingerprint density at radius 1 is 1.11 bits per heavy atom. The third kappa shape index (κ3) is 2.37. The van der Waals surface area contributed by atoms with Gasteiger partial charge in [-0.1, -0.05) is 42.8 Å². The van der Waals surface area contributed by atoms with Gasteiger partial charge in [0, 0.05) is 0 Å². The fourth-order valence-electron chi connectivity index (χ4n) is 3.11. The van der Waals surface area contributed by atoms with E-state index in [9.17, 15) is 5.11 Å². The fourth-order valence-corrected chi connectivity index (χ4v) is 3.11. The number of allylic oxidation sites excluding steroid dienone is 2. The van der Waals surface area contributed by atoms with Gasteiger partial charge < -0.3 is 5.11 Å². The van der Waals surface area contributed by atoms with Crippen molar-refractivity contribution >= 4 is 0 Å². The molecule has 1 aromatic carbocycles. The molecule has 2 atom stereocenters. The molecule has 18 heavy (non-hydrogen) atoms. The molecule has 0 radical (unpaired) electrons. The molecule has 0 heterocycles. The molecule has 1 nitrogen and oxygen atoms in total. The Morgan fingerprint density at radius 2 is 2.00 bits per heavy atom. The summed E-state index contributed by atoms with van der Waals surface area (Å²) in [6.45, 7) is 0. The zero-order chi connectivity index (χ0) is 12.4. The van der Waals surface area contributed by atoms with Gasteiger partial charge >= 0.3 is 0 Å². The number of hydrogen-bond donors (Lipinski definition) is 1. The summed E-state index contributed by atoms with van der Waals surface area (Å²) in [6, 6.07) is 8.67. The van der Waals surface area contributed by atoms with Crippen LogP contribution in [0.25, 0.3) is 0 Å². The maximum absolute atomic E-state index is 10.5. The summed E-state index contributed by atoms with van der Waals surface area (Å²) in [5.41, 5.74) is 2.56. The highest BCUT2D eigenvalue weighted by molar-refractivity contribution is 5.29. The van der Waals surface area contributed by atoms with Gasteiger partial charge in [0.1, 0.15) is 0 Å². The van der Waals surface area contributed by atoms with Crippen molar-refractivity contribution in [2.45, 2.75) is 50.5 Å². The van der Waals surface area contributed by atoms with Gasteiger partial charge in [0.05, 0.1) is 6.10 Å². The molecule has 2 aliphatic carbocycles. The van der Waals surface area contributed by atoms with E-state index in [1.54, 1.807) is 0 Å². The van der Waals surface area contributed by atoms with E-state index in [1.165, 1.54) is 24.8 Å². The van der Waals surface area contributed by atoms with E-state index in [1.807, 2.05) is 0 Å². The highest BCUT2D eigenvalue weighted by Gasteiger charge is 2.23. The number of aliphatic hydroxyl groups is 1.